The number of Topliss-reactive ketones (excluding diaryl/α,β-unsaturated/α-hetero) is 3. The molecule has 0 spiro atoms. The second kappa shape index (κ2) is 67.5. The first-order valence-corrected chi connectivity index (χ1v) is 45.5. The molecule has 0 saturated carbocycles. The fourth-order valence-corrected chi connectivity index (χ4v) is 14.7. The second-order valence-electron chi connectivity index (χ2n) is 32.4. The van der Waals surface area contributed by atoms with Crippen molar-refractivity contribution < 1.29 is 153 Å². The van der Waals surface area contributed by atoms with E-state index in [1.54, 1.807) is 0 Å². The van der Waals surface area contributed by atoms with E-state index in [-0.39, 0.29) is 66.9 Å². The minimum atomic E-state index is -1.02. The summed E-state index contributed by atoms with van der Waals surface area (Å²) in [7, 11) is 0. The minimum absolute atomic E-state index is 0.00796. The molecule has 3 N–H and O–H groups in total. The van der Waals surface area contributed by atoms with Gasteiger partial charge in [0.05, 0.1) is 30.3 Å². The van der Waals surface area contributed by atoms with Crippen molar-refractivity contribution in [2.45, 2.75) is 259 Å². The van der Waals surface area contributed by atoms with Gasteiger partial charge in [-0.1, -0.05) is 210 Å². The Morgan fingerprint density at radius 3 is 1.17 bits per heavy atom. The van der Waals surface area contributed by atoms with E-state index in [1.165, 1.54) is 45.0 Å². The average molecular weight is 1860 g/mol. The zero-order valence-electron chi connectivity index (χ0n) is 77.0. The van der Waals surface area contributed by atoms with Crippen molar-refractivity contribution >= 4 is 96.3 Å². The predicted molar refractivity (Wildman–Crippen MR) is 475 cm³/mol. The van der Waals surface area contributed by atoms with Gasteiger partial charge in [0.2, 0.25) is 32.2 Å². The topological polar surface area (TPSA) is 457 Å². The first-order chi connectivity index (χ1) is 63.7. The Balaban J connectivity index is 1.34. The van der Waals surface area contributed by atoms with Gasteiger partial charge in [-0.15, -0.1) is 0 Å². The molecular weight excluding hydrogens is 1720 g/mol. The van der Waals surface area contributed by atoms with E-state index in [4.69, 9.17) is 72.0 Å². The van der Waals surface area contributed by atoms with Crippen LogP contribution in [0.3, 0.4) is 0 Å². The van der Waals surface area contributed by atoms with Crippen molar-refractivity contribution in [2.75, 3.05) is 53.4 Å². The van der Waals surface area contributed by atoms with Gasteiger partial charge in [-0.2, -0.15) is 14.7 Å². The zero-order chi connectivity index (χ0) is 96.6. The van der Waals surface area contributed by atoms with Gasteiger partial charge in [-0.25, -0.2) is 9.59 Å². The highest BCUT2D eigenvalue weighted by Crippen LogP contribution is 2.40. The summed E-state index contributed by atoms with van der Waals surface area (Å²) in [4.78, 5) is 231. The molecule has 13 unspecified atom stereocenters. The van der Waals surface area contributed by atoms with E-state index < -0.39 is 177 Å². The number of rotatable bonds is 73. The van der Waals surface area contributed by atoms with E-state index in [0.29, 0.717) is 114 Å². The summed E-state index contributed by atoms with van der Waals surface area (Å²) in [6.07, 6.45) is 37.0. The maximum Gasteiger partial charge on any atom is 0.340 e. The summed E-state index contributed by atoms with van der Waals surface area (Å²) < 4.78 is 52.2. The summed E-state index contributed by atoms with van der Waals surface area (Å²) in [5.74, 6) is -13.4. The Bertz CT molecular complexity index is 4030. The molecule has 0 radical (unpaired) electrons. The molecule has 35 nitrogen and oxygen atoms in total. The Morgan fingerprint density at radius 1 is 0.394 bits per heavy atom. The largest absolute Gasteiger partial charge is 0.463 e. The lowest BCUT2D eigenvalue weighted by Crippen LogP contribution is -2.49. The van der Waals surface area contributed by atoms with Crippen molar-refractivity contribution in [3.8, 4) is 0 Å². The molecular formula is C97H135N3O32. The monoisotopic (exact) mass is 1850 g/mol. The number of esters is 7. The van der Waals surface area contributed by atoms with Gasteiger partial charge in [0.1, 0.15) is 97.3 Å². The van der Waals surface area contributed by atoms with Crippen LogP contribution in [0, 0.1) is 53.3 Å². The van der Waals surface area contributed by atoms with Crippen LogP contribution in [0.1, 0.15) is 255 Å². The van der Waals surface area contributed by atoms with E-state index in [1.807, 2.05) is 72.9 Å². The lowest BCUT2D eigenvalue weighted by molar-refractivity contribution is -0.369. The number of ether oxygens (including phenoxy) is 10. The van der Waals surface area contributed by atoms with Crippen LogP contribution in [0.15, 0.2) is 134 Å². The van der Waals surface area contributed by atoms with Crippen LogP contribution in [0.5, 0.6) is 0 Å². The summed E-state index contributed by atoms with van der Waals surface area (Å²) in [6.45, 7) is 19.0. The van der Waals surface area contributed by atoms with E-state index in [2.05, 4.69) is 61.2 Å². The highest BCUT2D eigenvalue weighted by molar-refractivity contribution is 5.96. The maximum atomic E-state index is 14.0. The number of nitrogens with one attached hydrogen (secondary N) is 3. The van der Waals surface area contributed by atoms with E-state index in [9.17, 15) is 76.7 Å². The number of ketones is 3. The fourth-order valence-electron chi connectivity index (χ4n) is 14.7. The smallest absolute Gasteiger partial charge is 0.340 e. The summed E-state index contributed by atoms with van der Waals surface area (Å²) in [5, 5.41) is 7.52. The Kier molecular flexibility index (Phi) is 57.5. The van der Waals surface area contributed by atoms with Gasteiger partial charge < -0.3 is 78.0 Å². The van der Waals surface area contributed by atoms with Crippen molar-refractivity contribution in [1.82, 2.24) is 16.0 Å². The number of hydrogen-bond donors (Lipinski definition) is 3. The molecule has 0 heterocycles. The summed E-state index contributed by atoms with van der Waals surface area (Å²) in [5.41, 5.74) is 0.0232. The summed E-state index contributed by atoms with van der Waals surface area (Å²) in [6, 6.07) is 5.12. The highest BCUT2D eigenvalue weighted by Gasteiger charge is 2.45. The van der Waals surface area contributed by atoms with Gasteiger partial charge >= 0.3 is 41.8 Å². The lowest BCUT2D eigenvalue weighted by Gasteiger charge is -2.36. The molecule has 0 aliphatic heterocycles. The van der Waals surface area contributed by atoms with Gasteiger partial charge in [-0.3, -0.25) is 67.1 Å². The predicted octanol–water partition coefficient (Wildman–Crippen LogP) is 13.7. The number of amides is 3. The van der Waals surface area contributed by atoms with Crippen molar-refractivity contribution in [3.63, 3.8) is 0 Å². The normalized spacial score (nSPS) is 19.7. The van der Waals surface area contributed by atoms with Crippen LogP contribution in [0.25, 0.3) is 0 Å². The standard InChI is InChI=1S/C97H135N3O32/c1-10-13-16-28-37-73-43-46-76(90(118-61-101)87(73)93(112)100-60-99-82(107)55-86(111)122-64-121-84(109)53-67(4)104)40-31-22-19-25-34-70(7)129-127-57-81(58-128-130-71(8)35-26-20-23-32-41-77-47-44-74(38-29-17-14-11-2)88(91(77)119-62-102)96(115)117-59-83(108)98-56-69(6)106)132-131-72(9)36-27-21-24-33-42-78-48-45-75(39-30-18-15-12-3)89(92(78)120-63-103)97(116)126-66-125-95(114)80-51-49-79(50-52-80)94(113)124-65-123-85(110)54-68(5)105/h28-30,37-39,43-52,61-63,73-78,81,87-92H,7-27,31-36,40-42,53-60,64-66H2,1-6H3,(H,98,108)(H,99,107)(H,100,112)/b37-28-,38-29-,39-30-. The third-order valence-corrected chi connectivity index (χ3v) is 21.6. The fraction of sp³-hybridized carbons (Fsp3) is 0.588. The van der Waals surface area contributed by atoms with Crippen molar-refractivity contribution in [2.24, 2.45) is 53.3 Å². The molecule has 3 aliphatic carbocycles. The molecule has 0 bridgehead atoms. The van der Waals surface area contributed by atoms with Gasteiger partial charge in [-0.05, 0) is 103 Å². The molecule has 1 aromatic carbocycles. The van der Waals surface area contributed by atoms with Crippen LogP contribution < -0.4 is 16.0 Å². The van der Waals surface area contributed by atoms with Crippen LogP contribution in [0.2, 0.25) is 0 Å². The van der Waals surface area contributed by atoms with Crippen LogP contribution in [0.4, 0.5) is 0 Å². The Labute approximate surface area is 772 Å². The molecule has 0 saturated heterocycles. The number of unbranched alkanes of at least 4 members (excludes halogenated alkanes) is 15. The highest BCUT2D eigenvalue weighted by atomic mass is 17.2. The van der Waals surface area contributed by atoms with E-state index in [0.717, 1.165) is 89.9 Å². The first kappa shape index (κ1) is 113. The molecule has 4 rings (SSSR count). The molecule has 132 heavy (non-hydrogen) atoms. The molecule has 0 fully saturated rings. The molecule has 13 atom stereocenters. The molecule has 1 aromatic rings. The van der Waals surface area contributed by atoms with E-state index >= 15 is 0 Å². The van der Waals surface area contributed by atoms with Crippen molar-refractivity contribution in [3.05, 3.63) is 145 Å². The molecule has 0 aromatic heterocycles. The van der Waals surface area contributed by atoms with Crippen LogP contribution in [-0.4, -0.2) is 174 Å². The minimum Gasteiger partial charge on any atom is -0.463 e. The number of allylic oxidation sites excluding steroid dienone is 12. The maximum absolute atomic E-state index is 14.0. The van der Waals surface area contributed by atoms with Gasteiger partial charge in [0.25, 0.3) is 25.3 Å². The number of carbonyl (C=O) groups excluding carboxylic acids is 16. The number of benzene rings is 1. The Hall–Kier alpha value is -11.7. The van der Waals surface area contributed by atoms with Gasteiger partial charge in [0.15, 0.2) is 12.7 Å². The van der Waals surface area contributed by atoms with Crippen LogP contribution in [-0.2, 0) is 144 Å². The van der Waals surface area contributed by atoms with Gasteiger partial charge in [0, 0.05) is 54.8 Å². The molecule has 3 amide bonds. The first-order valence-electron chi connectivity index (χ1n) is 45.5. The quantitative estimate of drug-likeness (QED) is 0.00521. The molecule has 3 aliphatic rings. The van der Waals surface area contributed by atoms with Crippen LogP contribution >= 0.6 is 0 Å². The third kappa shape index (κ3) is 46.9. The van der Waals surface area contributed by atoms with Crippen molar-refractivity contribution in [1.29, 1.82) is 0 Å². The Morgan fingerprint density at radius 2 is 0.765 bits per heavy atom. The number of carbonyl (C=O) groups is 16. The number of hydrogen-bond acceptors (Lipinski definition) is 32. The third-order valence-electron chi connectivity index (χ3n) is 21.6. The SMILES string of the molecule is C=C(CCCCCCC1C=CC(/C=C\CCCC)C(C(=O)NCNC(=O)CC(=O)OCOC(=O)CC(C)=O)C1OC=O)OOCC(COOC(=C)CCCCCCC1C=CC(/C=C\CCCC)C(C(=O)OCC(=O)NCC(C)=O)C1OC=O)OOC(=C)CCCCCCC1C=CC(/C=C\CCCC)C(C(=O)OCOC(=O)c2ccc(C(=O)OCOC(=O)CC(C)=O)cc2)C1OC=O. The average Bonchev–Trinajstić information content (AvgIpc) is 0.812. The summed E-state index contributed by atoms with van der Waals surface area (Å²) >= 11 is 0. The second-order valence-corrected chi connectivity index (χ2v) is 32.4. The zero-order valence-corrected chi connectivity index (χ0v) is 77.0. The lowest BCUT2D eigenvalue weighted by atomic mass is 9.74. The molecule has 730 valence electrons. The molecule has 35 heteroatoms.